The number of carbonyl (C=O) groups excluding carboxylic acids is 1. The zero-order chi connectivity index (χ0) is 21.9. The maximum atomic E-state index is 12.7. The van der Waals surface area contributed by atoms with Gasteiger partial charge in [0.05, 0.1) is 12.2 Å². The van der Waals surface area contributed by atoms with E-state index in [-0.39, 0.29) is 17.9 Å². The lowest BCUT2D eigenvalue weighted by atomic mass is 10.1. The molecule has 0 aliphatic heterocycles. The number of anilines is 1. The molecule has 0 atom stereocenters. The summed E-state index contributed by atoms with van der Waals surface area (Å²) in [6, 6.07) is 12.2. The molecule has 0 spiro atoms. The number of nitrogens with zero attached hydrogens (tertiary/aromatic N) is 1. The summed E-state index contributed by atoms with van der Waals surface area (Å²) >= 11 is 0. The van der Waals surface area contributed by atoms with Crippen LogP contribution in [0.3, 0.4) is 0 Å². The van der Waals surface area contributed by atoms with Crippen molar-refractivity contribution in [3.05, 3.63) is 58.9 Å². The second-order valence-electron chi connectivity index (χ2n) is 6.42. The Labute approximate surface area is 168 Å². The van der Waals surface area contributed by atoms with Gasteiger partial charge in [0.15, 0.2) is 0 Å². The minimum Gasteiger partial charge on any atom is -0.448 e. The molecule has 0 aliphatic carbocycles. The molecule has 3 rings (SSSR count). The summed E-state index contributed by atoms with van der Waals surface area (Å²) in [5.74, 6) is -0.411. The number of aromatic amines is 1. The van der Waals surface area contributed by atoms with E-state index < -0.39 is 23.8 Å². The summed E-state index contributed by atoms with van der Waals surface area (Å²) in [6.45, 7) is 0.432. The van der Waals surface area contributed by atoms with Crippen molar-refractivity contribution in [2.45, 2.75) is 6.36 Å². The summed E-state index contributed by atoms with van der Waals surface area (Å²) in [7, 11) is 1.75. The van der Waals surface area contributed by atoms with Gasteiger partial charge >= 0.3 is 12.5 Å². The van der Waals surface area contributed by atoms with Crippen LogP contribution < -0.4 is 20.9 Å². The van der Waals surface area contributed by atoms with Crippen LogP contribution in [-0.2, 0) is 4.74 Å². The fourth-order valence-corrected chi connectivity index (χ4v) is 2.95. The van der Waals surface area contributed by atoms with E-state index in [1.165, 1.54) is 18.2 Å². The Hall–Kier alpha value is -3.69. The predicted octanol–water partition coefficient (Wildman–Crippen LogP) is 3.63. The summed E-state index contributed by atoms with van der Waals surface area (Å²) < 4.78 is 46.8. The van der Waals surface area contributed by atoms with Crippen molar-refractivity contribution < 1.29 is 27.4 Å². The molecule has 0 aliphatic rings. The van der Waals surface area contributed by atoms with E-state index >= 15 is 0 Å². The highest BCUT2D eigenvalue weighted by Gasteiger charge is 2.32. The monoisotopic (exact) mass is 421 g/mol. The summed E-state index contributed by atoms with van der Waals surface area (Å²) in [4.78, 5) is 27.7. The van der Waals surface area contributed by atoms with Gasteiger partial charge in [0.25, 0.3) is 5.56 Å². The van der Waals surface area contributed by atoms with Crippen LogP contribution in [0.15, 0.2) is 53.3 Å². The highest BCUT2D eigenvalue weighted by Crippen LogP contribution is 2.33. The normalized spacial score (nSPS) is 11.3. The van der Waals surface area contributed by atoms with Crippen molar-refractivity contribution in [1.82, 2.24) is 4.98 Å². The fourth-order valence-electron chi connectivity index (χ4n) is 2.95. The summed E-state index contributed by atoms with van der Waals surface area (Å²) in [5, 5.41) is 0.897. The molecule has 0 saturated carbocycles. The number of carbonyl (C=O) groups is 1. The number of alkyl halides is 3. The number of fused-ring (bicyclic) bond motifs is 1. The van der Waals surface area contributed by atoms with Crippen LogP contribution in [0.25, 0.3) is 22.0 Å². The zero-order valence-electron chi connectivity index (χ0n) is 15.8. The first-order valence-electron chi connectivity index (χ1n) is 8.79. The van der Waals surface area contributed by atoms with Crippen molar-refractivity contribution >= 4 is 22.6 Å². The molecule has 0 radical (unpaired) electrons. The quantitative estimate of drug-likeness (QED) is 0.634. The number of hydrogen-bond acceptors (Lipinski definition) is 5. The smallest absolute Gasteiger partial charge is 0.448 e. The van der Waals surface area contributed by atoms with Crippen LogP contribution in [0.5, 0.6) is 5.75 Å². The van der Waals surface area contributed by atoms with Crippen LogP contribution in [0.4, 0.5) is 23.7 Å². The van der Waals surface area contributed by atoms with Gasteiger partial charge in [-0.2, -0.15) is 0 Å². The van der Waals surface area contributed by atoms with Gasteiger partial charge in [-0.15, -0.1) is 13.2 Å². The molecule has 10 heteroatoms. The van der Waals surface area contributed by atoms with E-state index in [1.54, 1.807) is 42.3 Å². The highest BCUT2D eigenvalue weighted by molar-refractivity contribution is 5.88. The molecular weight excluding hydrogens is 403 g/mol. The first-order valence-corrected chi connectivity index (χ1v) is 8.79. The lowest BCUT2D eigenvalue weighted by Crippen LogP contribution is -2.25. The molecular formula is C20H18F3N3O4. The Morgan fingerprint density at radius 1 is 1.17 bits per heavy atom. The number of halogens is 3. The van der Waals surface area contributed by atoms with E-state index in [0.29, 0.717) is 23.0 Å². The van der Waals surface area contributed by atoms with Crippen molar-refractivity contribution in [3.8, 4) is 17.0 Å². The van der Waals surface area contributed by atoms with Crippen LogP contribution in [0, 0.1) is 0 Å². The zero-order valence-corrected chi connectivity index (χ0v) is 15.8. The number of aromatic nitrogens is 1. The fraction of sp³-hybridized carbons (Fsp3) is 0.200. The Kier molecular flexibility index (Phi) is 5.86. The third kappa shape index (κ3) is 5.02. The molecule has 158 valence electrons. The average Bonchev–Trinajstić information content (AvgIpc) is 2.66. The van der Waals surface area contributed by atoms with Crippen molar-refractivity contribution in [2.75, 3.05) is 25.1 Å². The molecule has 7 nitrogen and oxygen atoms in total. The highest BCUT2D eigenvalue weighted by atomic mass is 19.4. The second-order valence-corrected chi connectivity index (χ2v) is 6.42. The maximum absolute atomic E-state index is 12.7. The number of pyridine rings is 1. The van der Waals surface area contributed by atoms with Gasteiger partial charge in [0, 0.05) is 23.7 Å². The molecule has 1 aromatic heterocycles. The number of ether oxygens (including phenoxy) is 2. The van der Waals surface area contributed by atoms with Gasteiger partial charge in [-0.25, -0.2) is 4.79 Å². The third-order valence-corrected chi connectivity index (χ3v) is 4.34. The van der Waals surface area contributed by atoms with Gasteiger partial charge in [0.2, 0.25) is 0 Å². The average molecular weight is 421 g/mol. The number of nitrogens with two attached hydrogens (primary N) is 1. The number of primary amides is 1. The SMILES string of the molecule is CN(CCOC(N)=O)c1ccc2cc(-c3ccccc3OC(F)(F)F)[nH]c(=O)c2c1. The van der Waals surface area contributed by atoms with Crippen molar-refractivity contribution in [3.63, 3.8) is 0 Å². The van der Waals surface area contributed by atoms with Gasteiger partial charge in [-0.05, 0) is 35.7 Å². The van der Waals surface area contributed by atoms with E-state index in [1.807, 2.05) is 0 Å². The molecule has 0 saturated heterocycles. The Morgan fingerprint density at radius 3 is 2.60 bits per heavy atom. The molecule has 0 fully saturated rings. The number of rotatable bonds is 6. The number of para-hydroxylation sites is 1. The molecule has 3 aromatic rings. The van der Waals surface area contributed by atoms with Crippen molar-refractivity contribution in [2.24, 2.45) is 5.73 Å². The number of nitrogens with one attached hydrogen (secondary N) is 1. The number of benzene rings is 2. The maximum Gasteiger partial charge on any atom is 0.573 e. The summed E-state index contributed by atoms with van der Waals surface area (Å²) in [6.07, 6.45) is -5.73. The Bertz CT molecular complexity index is 1130. The first-order chi connectivity index (χ1) is 14.1. The van der Waals surface area contributed by atoms with Crippen LogP contribution in [0.1, 0.15) is 0 Å². The number of H-pyrrole nitrogens is 1. The largest absolute Gasteiger partial charge is 0.573 e. The number of amides is 1. The van der Waals surface area contributed by atoms with E-state index in [4.69, 9.17) is 10.5 Å². The lowest BCUT2D eigenvalue weighted by molar-refractivity contribution is -0.274. The Balaban J connectivity index is 1.94. The lowest BCUT2D eigenvalue weighted by Gasteiger charge is -2.19. The van der Waals surface area contributed by atoms with Crippen LogP contribution >= 0.6 is 0 Å². The first kappa shape index (κ1) is 21.0. The van der Waals surface area contributed by atoms with E-state index in [0.717, 1.165) is 0 Å². The van der Waals surface area contributed by atoms with Gasteiger partial charge in [-0.1, -0.05) is 18.2 Å². The molecule has 0 bridgehead atoms. The summed E-state index contributed by atoms with van der Waals surface area (Å²) in [5.41, 5.74) is 5.45. The molecule has 1 amide bonds. The van der Waals surface area contributed by atoms with E-state index in [9.17, 15) is 22.8 Å². The van der Waals surface area contributed by atoms with Crippen molar-refractivity contribution in [1.29, 1.82) is 0 Å². The molecule has 1 heterocycles. The van der Waals surface area contributed by atoms with Gasteiger partial charge < -0.3 is 25.1 Å². The number of hydrogen-bond donors (Lipinski definition) is 2. The molecule has 3 N–H and O–H groups in total. The minimum absolute atomic E-state index is 0.0785. The third-order valence-electron chi connectivity index (χ3n) is 4.34. The topological polar surface area (TPSA) is 97.7 Å². The van der Waals surface area contributed by atoms with Gasteiger partial charge in [0.1, 0.15) is 12.4 Å². The number of likely N-dealkylation sites (N-methyl/N-ethyl adjacent to an activating group) is 1. The standard InChI is InChI=1S/C20H18F3N3O4/c1-26(8-9-29-19(24)28)13-7-6-12-10-16(25-18(27)15(12)11-13)14-4-2-3-5-17(14)30-20(21,22)23/h2-7,10-11H,8-9H2,1H3,(H2,24,28)(H,25,27). The molecule has 0 unspecified atom stereocenters. The van der Waals surface area contributed by atoms with Gasteiger partial charge in [-0.3, -0.25) is 4.79 Å². The minimum atomic E-state index is -4.86. The van der Waals surface area contributed by atoms with Crippen LogP contribution in [-0.4, -0.2) is 37.6 Å². The Morgan fingerprint density at radius 2 is 1.90 bits per heavy atom. The van der Waals surface area contributed by atoms with Crippen LogP contribution in [0.2, 0.25) is 0 Å². The predicted molar refractivity (Wildman–Crippen MR) is 105 cm³/mol. The van der Waals surface area contributed by atoms with E-state index in [2.05, 4.69) is 9.72 Å². The second kappa shape index (κ2) is 8.36. The molecule has 30 heavy (non-hydrogen) atoms. The molecule has 2 aromatic carbocycles.